The van der Waals surface area contributed by atoms with E-state index in [9.17, 15) is 4.79 Å². The molecule has 2 rings (SSSR count). The number of carbonyl (C=O) groups is 1. The van der Waals surface area contributed by atoms with E-state index in [2.05, 4.69) is 9.62 Å². The quantitative estimate of drug-likeness (QED) is 0.397. The van der Waals surface area contributed by atoms with E-state index < -0.39 is 4.33 Å². The second kappa shape index (κ2) is 3.09. The summed E-state index contributed by atoms with van der Waals surface area (Å²) in [5.41, 5.74) is 0. The van der Waals surface area contributed by atoms with E-state index in [-0.39, 0.29) is 5.91 Å². The van der Waals surface area contributed by atoms with Gasteiger partial charge >= 0.3 is 0 Å². The van der Waals surface area contributed by atoms with Crippen molar-refractivity contribution in [3.8, 4) is 0 Å². The smallest absolute Gasteiger partial charge is 0.233 e. The van der Waals surface area contributed by atoms with Gasteiger partial charge in [-0.2, -0.15) is 0 Å². The van der Waals surface area contributed by atoms with Gasteiger partial charge in [0, 0.05) is 13.1 Å². The molecule has 0 aliphatic carbocycles. The van der Waals surface area contributed by atoms with Gasteiger partial charge in [0.05, 0.1) is 6.42 Å². The number of nitrogens with one attached hydrogen (secondary N) is 1. The van der Waals surface area contributed by atoms with Crippen LogP contribution >= 0.6 is 23.5 Å². The van der Waals surface area contributed by atoms with E-state index in [1.54, 1.807) is 0 Å². The maximum Gasteiger partial charge on any atom is 0.233 e. The van der Waals surface area contributed by atoms with Crippen LogP contribution in [0.25, 0.3) is 0 Å². The van der Waals surface area contributed by atoms with Crippen LogP contribution in [0.1, 0.15) is 19.3 Å². The lowest BCUT2D eigenvalue weighted by atomic mass is 10.3. The number of halogens is 1. The number of carbonyl (C=O) groups excluding carboxylic acids is 1. The molecule has 2 aliphatic rings. The molecular formula is C7H11ClN2OS. The van der Waals surface area contributed by atoms with Crippen LogP contribution in [0.15, 0.2) is 0 Å². The Labute approximate surface area is 81.0 Å². The van der Waals surface area contributed by atoms with Crippen LogP contribution < -0.4 is 4.72 Å². The third-order valence-electron chi connectivity index (χ3n) is 2.28. The summed E-state index contributed by atoms with van der Waals surface area (Å²) in [4.78, 5) is 13.2. The normalized spacial score (nSPS) is 37.2. The molecule has 0 radical (unpaired) electrons. The van der Waals surface area contributed by atoms with Gasteiger partial charge in [-0.1, -0.05) is 11.6 Å². The van der Waals surface area contributed by atoms with E-state index in [4.69, 9.17) is 11.6 Å². The van der Waals surface area contributed by atoms with Crippen molar-refractivity contribution in [1.82, 2.24) is 9.62 Å². The number of rotatable bonds is 1. The minimum Gasteiger partial charge on any atom is -0.297 e. The van der Waals surface area contributed by atoms with Crippen LogP contribution in [0.2, 0.25) is 0 Å². The minimum atomic E-state index is -0.492. The number of nitrogens with zero attached hydrogens (tertiary/aromatic N) is 1. The number of likely N-dealkylation sites (tertiary alicyclic amines) is 1. The predicted molar refractivity (Wildman–Crippen MR) is 49.7 cm³/mol. The second-order valence-electron chi connectivity index (χ2n) is 3.19. The first-order valence-corrected chi connectivity index (χ1v) is 5.31. The largest absolute Gasteiger partial charge is 0.297 e. The summed E-state index contributed by atoms with van der Waals surface area (Å²) in [6.07, 6.45) is 2.81. The first-order chi connectivity index (χ1) is 5.71. The Morgan fingerprint density at radius 2 is 2.17 bits per heavy atom. The van der Waals surface area contributed by atoms with Crippen molar-refractivity contribution in [3.05, 3.63) is 0 Å². The van der Waals surface area contributed by atoms with Gasteiger partial charge in [-0.15, -0.1) is 0 Å². The minimum absolute atomic E-state index is 0.0434. The fourth-order valence-corrected chi connectivity index (χ4v) is 2.90. The molecule has 2 saturated heterocycles. The van der Waals surface area contributed by atoms with E-state index in [0.29, 0.717) is 6.42 Å². The zero-order valence-corrected chi connectivity index (χ0v) is 8.25. The second-order valence-corrected chi connectivity index (χ2v) is 5.12. The Kier molecular flexibility index (Phi) is 2.23. The van der Waals surface area contributed by atoms with Crippen LogP contribution in [0.4, 0.5) is 0 Å². The molecule has 5 heteroatoms. The third-order valence-corrected chi connectivity index (χ3v) is 3.93. The molecule has 2 fully saturated rings. The van der Waals surface area contributed by atoms with Gasteiger partial charge in [-0.05, 0) is 24.8 Å². The summed E-state index contributed by atoms with van der Waals surface area (Å²) in [7, 11) is 0. The fraction of sp³-hybridized carbons (Fsp3) is 0.857. The van der Waals surface area contributed by atoms with E-state index in [0.717, 1.165) is 13.1 Å². The number of amides is 1. The Morgan fingerprint density at radius 3 is 2.67 bits per heavy atom. The molecule has 0 aromatic heterocycles. The maximum atomic E-state index is 11.0. The fourth-order valence-electron chi connectivity index (χ4n) is 1.63. The lowest BCUT2D eigenvalue weighted by molar-refractivity contribution is -0.119. The average Bonchev–Trinajstić information content (AvgIpc) is 2.59. The SMILES string of the molecule is O=C1CC(Cl)(N2CCCC2)SN1. The predicted octanol–water partition coefficient (Wildman–Crippen LogP) is 1.14. The molecule has 0 aromatic carbocycles. The highest BCUT2D eigenvalue weighted by Gasteiger charge is 2.44. The van der Waals surface area contributed by atoms with Gasteiger partial charge in [0.25, 0.3) is 0 Å². The molecule has 0 bridgehead atoms. The molecule has 1 N–H and O–H groups in total. The molecule has 1 atom stereocenters. The van der Waals surface area contributed by atoms with Crippen molar-refractivity contribution in [1.29, 1.82) is 0 Å². The summed E-state index contributed by atoms with van der Waals surface area (Å²) in [6.45, 7) is 2.04. The average molecular weight is 207 g/mol. The molecule has 68 valence electrons. The van der Waals surface area contributed by atoms with Gasteiger partial charge in [0.1, 0.15) is 0 Å². The lowest BCUT2D eigenvalue weighted by Gasteiger charge is -2.29. The van der Waals surface area contributed by atoms with Gasteiger partial charge in [-0.25, -0.2) is 0 Å². The monoisotopic (exact) mass is 206 g/mol. The van der Waals surface area contributed by atoms with Crippen molar-refractivity contribution in [2.45, 2.75) is 23.6 Å². The van der Waals surface area contributed by atoms with Crippen molar-refractivity contribution in [2.75, 3.05) is 13.1 Å². The van der Waals surface area contributed by atoms with Crippen molar-refractivity contribution in [3.63, 3.8) is 0 Å². The molecular weight excluding hydrogens is 196 g/mol. The van der Waals surface area contributed by atoms with Gasteiger partial charge in [0.2, 0.25) is 5.91 Å². The molecule has 1 unspecified atom stereocenters. The molecule has 0 aromatic rings. The zero-order chi connectivity index (χ0) is 8.60. The standard InChI is InChI=1S/C7H11ClN2OS/c8-7(5-6(11)9-12-7)10-3-1-2-4-10/h1-5H2,(H,9,11). The van der Waals surface area contributed by atoms with Crippen molar-refractivity contribution < 1.29 is 4.79 Å². The van der Waals surface area contributed by atoms with Gasteiger partial charge in [-0.3, -0.25) is 14.4 Å². The van der Waals surface area contributed by atoms with Gasteiger partial charge in [0.15, 0.2) is 4.33 Å². The van der Waals surface area contributed by atoms with Crippen LogP contribution in [-0.4, -0.2) is 28.2 Å². The first kappa shape index (κ1) is 8.66. The van der Waals surface area contributed by atoms with Gasteiger partial charge < -0.3 is 0 Å². The summed E-state index contributed by atoms with van der Waals surface area (Å²) in [5.74, 6) is 0.0434. The van der Waals surface area contributed by atoms with Crippen LogP contribution in [-0.2, 0) is 4.79 Å². The van der Waals surface area contributed by atoms with Crippen molar-refractivity contribution in [2.24, 2.45) is 0 Å². The highest BCUT2D eigenvalue weighted by Crippen LogP contribution is 2.41. The van der Waals surface area contributed by atoms with Crippen LogP contribution in [0.5, 0.6) is 0 Å². The molecule has 12 heavy (non-hydrogen) atoms. The van der Waals surface area contributed by atoms with E-state index >= 15 is 0 Å². The highest BCUT2D eigenvalue weighted by atomic mass is 35.5. The van der Waals surface area contributed by atoms with E-state index in [1.807, 2.05) is 0 Å². The molecule has 2 aliphatic heterocycles. The number of hydrogen-bond acceptors (Lipinski definition) is 3. The highest BCUT2D eigenvalue weighted by molar-refractivity contribution is 8.01. The number of alkyl halides is 1. The Hall–Kier alpha value is 0.0700. The summed E-state index contributed by atoms with van der Waals surface area (Å²) < 4.78 is 2.20. The Bertz CT molecular complexity index is 208. The first-order valence-electron chi connectivity index (χ1n) is 4.11. The lowest BCUT2D eigenvalue weighted by Crippen LogP contribution is -2.37. The third kappa shape index (κ3) is 1.43. The molecule has 0 spiro atoms. The van der Waals surface area contributed by atoms with Crippen molar-refractivity contribution >= 4 is 29.5 Å². The molecule has 3 nitrogen and oxygen atoms in total. The Balaban J connectivity index is 2.05. The summed E-state index contributed by atoms with van der Waals surface area (Å²) in [6, 6.07) is 0. The van der Waals surface area contributed by atoms with Crippen LogP contribution in [0, 0.1) is 0 Å². The zero-order valence-electron chi connectivity index (χ0n) is 6.68. The topological polar surface area (TPSA) is 32.3 Å². The molecule has 2 heterocycles. The maximum absolute atomic E-state index is 11.0. The van der Waals surface area contributed by atoms with E-state index in [1.165, 1.54) is 24.8 Å². The molecule has 0 saturated carbocycles. The molecule has 1 amide bonds. The van der Waals surface area contributed by atoms with Crippen LogP contribution in [0.3, 0.4) is 0 Å². The summed E-state index contributed by atoms with van der Waals surface area (Å²) in [5, 5.41) is 0. The summed E-state index contributed by atoms with van der Waals surface area (Å²) >= 11 is 7.62. The number of hydrogen-bond donors (Lipinski definition) is 1. The Morgan fingerprint density at radius 1 is 1.50 bits per heavy atom.